The Balaban J connectivity index is 2.03. The van der Waals surface area contributed by atoms with Crippen LogP contribution in [0, 0.1) is 5.92 Å². The molecule has 0 spiro atoms. The first-order valence-electron chi connectivity index (χ1n) is 6.02. The molecule has 4 heteroatoms. The fourth-order valence-electron chi connectivity index (χ4n) is 2.03. The molecule has 0 aliphatic carbocycles. The summed E-state index contributed by atoms with van der Waals surface area (Å²) in [5.41, 5.74) is 0. The molecule has 0 amide bonds. The monoisotopic (exact) mass is 216 g/mol. The first-order valence-corrected chi connectivity index (χ1v) is 6.02. The third-order valence-electron chi connectivity index (χ3n) is 3.12. The lowest BCUT2D eigenvalue weighted by Crippen LogP contribution is -2.40. The molecule has 4 N–H and O–H groups in total. The summed E-state index contributed by atoms with van der Waals surface area (Å²) in [6, 6.07) is 0.639. The molecule has 1 atom stereocenters. The Labute approximate surface area is 92.1 Å². The van der Waals surface area contributed by atoms with Crippen LogP contribution in [-0.4, -0.2) is 49.1 Å². The summed E-state index contributed by atoms with van der Waals surface area (Å²) in [5.74, 6) is 0.254. The lowest BCUT2D eigenvalue weighted by atomic mass is 10.0. The molecule has 0 aromatic carbocycles. The van der Waals surface area contributed by atoms with Crippen LogP contribution in [0.15, 0.2) is 0 Å². The van der Waals surface area contributed by atoms with Crippen LogP contribution in [0.2, 0.25) is 0 Å². The zero-order valence-corrected chi connectivity index (χ0v) is 9.41. The van der Waals surface area contributed by atoms with Crippen LogP contribution < -0.4 is 10.6 Å². The fraction of sp³-hybridized carbons (Fsp3) is 1.00. The van der Waals surface area contributed by atoms with E-state index in [0.29, 0.717) is 12.5 Å². The molecule has 1 aliphatic rings. The van der Waals surface area contributed by atoms with Gasteiger partial charge in [-0.25, -0.2) is 0 Å². The van der Waals surface area contributed by atoms with Crippen LogP contribution >= 0.6 is 0 Å². The molecule has 4 nitrogen and oxygen atoms in total. The second kappa shape index (κ2) is 8.05. The van der Waals surface area contributed by atoms with E-state index < -0.39 is 0 Å². The second-order valence-electron chi connectivity index (χ2n) is 4.33. The molecule has 0 saturated carbocycles. The average Bonchev–Trinajstić information content (AvgIpc) is 2.29. The molecule has 0 aromatic rings. The highest BCUT2D eigenvalue weighted by molar-refractivity contribution is 4.74. The van der Waals surface area contributed by atoms with Crippen molar-refractivity contribution in [3.63, 3.8) is 0 Å². The van der Waals surface area contributed by atoms with Gasteiger partial charge >= 0.3 is 0 Å². The molecule has 15 heavy (non-hydrogen) atoms. The largest absolute Gasteiger partial charge is 0.396 e. The minimum atomic E-state index is 0.179. The lowest BCUT2D eigenvalue weighted by Gasteiger charge is -2.24. The van der Waals surface area contributed by atoms with Gasteiger partial charge in [0.1, 0.15) is 0 Å². The van der Waals surface area contributed by atoms with Gasteiger partial charge in [-0.05, 0) is 51.2 Å². The molecule has 0 radical (unpaired) electrons. The number of aliphatic hydroxyl groups is 2. The Kier molecular flexibility index (Phi) is 6.92. The normalized spacial score (nSPS) is 20.4. The van der Waals surface area contributed by atoms with Gasteiger partial charge < -0.3 is 20.8 Å². The van der Waals surface area contributed by atoms with Crippen LogP contribution in [0.4, 0.5) is 0 Å². The summed E-state index contributed by atoms with van der Waals surface area (Å²) >= 11 is 0. The van der Waals surface area contributed by atoms with Crippen molar-refractivity contribution >= 4 is 0 Å². The minimum absolute atomic E-state index is 0.179. The summed E-state index contributed by atoms with van der Waals surface area (Å²) < 4.78 is 0. The summed E-state index contributed by atoms with van der Waals surface area (Å²) in [6.07, 6.45) is 4.07. The molecule has 1 aliphatic heterocycles. The quantitative estimate of drug-likeness (QED) is 0.472. The van der Waals surface area contributed by atoms with Gasteiger partial charge in [-0.1, -0.05) is 0 Å². The summed E-state index contributed by atoms with van der Waals surface area (Å²) in [5, 5.41) is 24.7. The maximum Gasteiger partial charge on any atom is 0.0460 e. The lowest BCUT2D eigenvalue weighted by molar-refractivity contribution is 0.175. The van der Waals surface area contributed by atoms with Crippen LogP contribution in [0.5, 0.6) is 0 Å². The predicted octanol–water partition coefficient (Wildman–Crippen LogP) is -0.291. The van der Waals surface area contributed by atoms with E-state index in [-0.39, 0.29) is 19.1 Å². The molecule has 1 heterocycles. The zero-order chi connectivity index (χ0) is 10.9. The fourth-order valence-corrected chi connectivity index (χ4v) is 2.03. The topological polar surface area (TPSA) is 64.5 Å². The van der Waals surface area contributed by atoms with Crippen molar-refractivity contribution < 1.29 is 10.2 Å². The highest BCUT2D eigenvalue weighted by atomic mass is 16.3. The van der Waals surface area contributed by atoms with E-state index in [1.807, 2.05) is 0 Å². The van der Waals surface area contributed by atoms with Crippen molar-refractivity contribution in [2.75, 3.05) is 32.8 Å². The average molecular weight is 216 g/mol. The molecule has 1 saturated heterocycles. The van der Waals surface area contributed by atoms with Crippen LogP contribution in [0.25, 0.3) is 0 Å². The summed E-state index contributed by atoms with van der Waals surface area (Å²) in [7, 11) is 0. The standard InChI is InChI=1S/C11H24N2O2/c14-8-4-10(9-15)1-7-13-11-2-5-12-6-3-11/h10-15H,1-9H2. The van der Waals surface area contributed by atoms with E-state index in [1.165, 1.54) is 12.8 Å². The third-order valence-corrected chi connectivity index (χ3v) is 3.12. The van der Waals surface area contributed by atoms with Gasteiger partial charge in [0.25, 0.3) is 0 Å². The minimum Gasteiger partial charge on any atom is -0.396 e. The maximum absolute atomic E-state index is 9.05. The van der Waals surface area contributed by atoms with E-state index in [2.05, 4.69) is 10.6 Å². The van der Waals surface area contributed by atoms with Crippen molar-refractivity contribution in [1.29, 1.82) is 0 Å². The van der Waals surface area contributed by atoms with E-state index in [9.17, 15) is 0 Å². The number of nitrogens with one attached hydrogen (secondary N) is 2. The number of aliphatic hydroxyl groups excluding tert-OH is 2. The molecule has 90 valence electrons. The van der Waals surface area contributed by atoms with Crippen molar-refractivity contribution in [2.24, 2.45) is 5.92 Å². The van der Waals surface area contributed by atoms with E-state index >= 15 is 0 Å². The van der Waals surface area contributed by atoms with Gasteiger partial charge in [-0.15, -0.1) is 0 Å². The molecular weight excluding hydrogens is 192 g/mol. The predicted molar refractivity (Wildman–Crippen MR) is 60.8 cm³/mol. The van der Waals surface area contributed by atoms with Crippen molar-refractivity contribution in [1.82, 2.24) is 10.6 Å². The molecular formula is C11H24N2O2. The molecule has 1 unspecified atom stereocenters. The van der Waals surface area contributed by atoms with Gasteiger partial charge in [0.2, 0.25) is 0 Å². The third kappa shape index (κ3) is 5.47. The Morgan fingerprint density at radius 1 is 1.20 bits per heavy atom. The Hall–Kier alpha value is -0.160. The van der Waals surface area contributed by atoms with Gasteiger partial charge in [-0.3, -0.25) is 0 Å². The zero-order valence-electron chi connectivity index (χ0n) is 9.41. The number of piperidine rings is 1. The van der Waals surface area contributed by atoms with E-state index in [1.54, 1.807) is 0 Å². The highest BCUT2D eigenvalue weighted by Gasteiger charge is 2.12. The van der Waals surface area contributed by atoms with E-state index in [0.717, 1.165) is 26.1 Å². The van der Waals surface area contributed by atoms with Crippen LogP contribution in [-0.2, 0) is 0 Å². The van der Waals surface area contributed by atoms with Crippen LogP contribution in [0.1, 0.15) is 25.7 Å². The van der Waals surface area contributed by atoms with Gasteiger partial charge in [-0.2, -0.15) is 0 Å². The van der Waals surface area contributed by atoms with Gasteiger partial charge in [0.05, 0.1) is 0 Å². The Bertz CT molecular complexity index is 145. The molecule has 1 fully saturated rings. The number of rotatable bonds is 7. The van der Waals surface area contributed by atoms with Crippen LogP contribution in [0.3, 0.4) is 0 Å². The molecule has 1 rings (SSSR count). The Morgan fingerprint density at radius 2 is 1.93 bits per heavy atom. The maximum atomic E-state index is 9.05. The smallest absolute Gasteiger partial charge is 0.0460 e. The molecule has 0 bridgehead atoms. The Morgan fingerprint density at radius 3 is 2.53 bits per heavy atom. The van der Waals surface area contributed by atoms with Crippen molar-refractivity contribution in [2.45, 2.75) is 31.7 Å². The first-order chi connectivity index (χ1) is 7.36. The first kappa shape index (κ1) is 12.9. The summed E-state index contributed by atoms with van der Waals surface area (Å²) in [4.78, 5) is 0. The van der Waals surface area contributed by atoms with Gasteiger partial charge in [0.15, 0.2) is 0 Å². The number of hydrogen-bond donors (Lipinski definition) is 4. The van der Waals surface area contributed by atoms with E-state index in [4.69, 9.17) is 10.2 Å². The van der Waals surface area contributed by atoms with Crippen molar-refractivity contribution in [3.05, 3.63) is 0 Å². The van der Waals surface area contributed by atoms with Crippen molar-refractivity contribution in [3.8, 4) is 0 Å². The second-order valence-corrected chi connectivity index (χ2v) is 4.33. The number of hydrogen-bond acceptors (Lipinski definition) is 4. The van der Waals surface area contributed by atoms with Gasteiger partial charge in [0, 0.05) is 19.3 Å². The molecule has 0 aromatic heterocycles. The summed E-state index contributed by atoms with van der Waals surface area (Å²) in [6.45, 7) is 3.54. The SMILES string of the molecule is OCCC(CO)CCNC1CCNCC1. The highest BCUT2D eigenvalue weighted by Crippen LogP contribution is 2.07.